The maximum atomic E-state index is 13.8. The Labute approximate surface area is 364 Å². The van der Waals surface area contributed by atoms with Crippen molar-refractivity contribution >= 4 is 22.7 Å². The van der Waals surface area contributed by atoms with Crippen molar-refractivity contribution in [2.75, 3.05) is 53.0 Å². The van der Waals surface area contributed by atoms with Crippen molar-refractivity contribution in [2.24, 2.45) is 5.92 Å². The first-order valence-electron chi connectivity index (χ1n) is 22.4. The van der Waals surface area contributed by atoms with Gasteiger partial charge in [-0.1, -0.05) is 105 Å². The Morgan fingerprint density at radius 3 is 2.27 bits per heavy atom. The molecule has 328 valence electrons. The highest BCUT2D eigenvalue weighted by Crippen LogP contribution is 2.39. The number of quaternary nitrogens is 1. The average molecular weight is 845 g/mol. The van der Waals surface area contributed by atoms with Crippen LogP contribution in [0.1, 0.15) is 103 Å². The number of esters is 1. The normalized spacial score (nSPS) is 19.2. The first-order valence-corrected chi connectivity index (χ1v) is 22.4. The molecule has 4 heterocycles. The third-order valence-electron chi connectivity index (χ3n) is 12.9. The number of piperidine rings is 3. The fourth-order valence-corrected chi connectivity index (χ4v) is 9.43. The molecule has 1 unspecified atom stereocenters. The molecule has 3 atom stereocenters. The van der Waals surface area contributed by atoms with E-state index in [0.717, 1.165) is 94.1 Å². The van der Waals surface area contributed by atoms with E-state index < -0.39 is 6.10 Å². The van der Waals surface area contributed by atoms with Crippen molar-refractivity contribution in [2.45, 2.75) is 82.3 Å². The summed E-state index contributed by atoms with van der Waals surface area (Å²) < 4.78 is 19.0. The molecule has 62 heavy (non-hydrogen) atoms. The van der Waals surface area contributed by atoms with Gasteiger partial charge in [-0.05, 0) is 60.3 Å². The smallest absolute Gasteiger partial charge is 0.307 e. The molecular weight excluding hydrogens is 783 g/mol. The lowest BCUT2D eigenvalue weighted by Crippen LogP contribution is -2.65. The van der Waals surface area contributed by atoms with E-state index in [1.165, 1.54) is 12.1 Å². The molecule has 4 aromatic carbocycles. The van der Waals surface area contributed by atoms with Crippen LogP contribution in [0.15, 0.2) is 108 Å². The molecule has 5 aromatic rings. The van der Waals surface area contributed by atoms with E-state index in [2.05, 4.69) is 22.4 Å². The summed E-state index contributed by atoms with van der Waals surface area (Å²) in [7, 11) is 1.64. The molecule has 0 radical (unpaired) electrons. The number of methoxy groups -OCH3 is 1. The molecule has 3 aliphatic rings. The minimum Gasteiger partial charge on any atom is -0.506 e. The number of nitrogens with one attached hydrogen (secondary N) is 2. The van der Waals surface area contributed by atoms with E-state index in [9.17, 15) is 24.6 Å². The molecule has 3 saturated heterocycles. The van der Waals surface area contributed by atoms with Gasteiger partial charge in [0.05, 0.1) is 44.8 Å². The fraction of sp³-hybridized carbons (Fsp3) is 0.431. The molecule has 0 aliphatic carbocycles. The average Bonchev–Trinajstić information content (AvgIpc) is 3.29. The summed E-state index contributed by atoms with van der Waals surface area (Å²) in [5.74, 6) is 1.32. The summed E-state index contributed by atoms with van der Waals surface area (Å²) in [6.45, 7) is 4.75. The largest absolute Gasteiger partial charge is 0.506 e. The maximum absolute atomic E-state index is 13.8. The number of aromatic hydroxyl groups is 1. The summed E-state index contributed by atoms with van der Waals surface area (Å²) in [6, 6.07) is 31.7. The summed E-state index contributed by atoms with van der Waals surface area (Å²) in [5, 5.41) is 24.9. The molecule has 0 amide bonds. The Kier molecular flexibility index (Phi) is 15.5. The van der Waals surface area contributed by atoms with E-state index in [4.69, 9.17) is 14.2 Å². The highest BCUT2D eigenvalue weighted by molar-refractivity contribution is 5.97. The van der Waals surface area contributed by atoms with Crippen molar-refractivity contribution in [3.63, 3.8) is 0 Å². The molecule has 1 aromatic heterocycles. The van der Waals surface area contributed by atoms with Gasteiger partial charge >= 0.3 is 5.97 Å². The number of phenolic OH excluding ortho intramolecular Hbond substituents is 1. The van der Waals surface area contributed by atoms with Crippen LogP contribution in [-0.2, 0) is 9.53 Å². The topological polar surface area (TPSA) is 147 Å². The number of aliphatic hydroxyl groups is 1. The molecule has 2 bridgehead atoms. The van der Waals surface area contributed by atoms with Crippen molar-refractivity contribution < 1.29 is 38.5 Å². The molecule has 4 N–H and O–H groups in total. The monoisotopic (exact) mass is 844 g/mol. The number of ether oxygens (including phenoxy) is 3. The Morgan fingerprint density at radius 2 is 1.53 bits per heavy atom. The third kappa shape index (κ3) is 11.5. The number of nitrogens with zero attached hydrogens (tertiary/aromatic N) is 1. The lowest BCUT2D eigenvalue weighted by Gasteiger charge is -2.51. The zero-order valence-electron chi connectivity index (χ0n) is 35.9. The molecule has 0 saturated carbocycles. The second-order valence-electron chi connectivity index (χ2n) is 17.2. The molecular formula is C51H62N3O8+. The van der Waals surface area contributed by atoms with Crippen LogP contribution in [0.4, 0.5) is 0 Å². The summed E-state index contributed by atoms with van der Waals surface area (Å²) in [4.78, 5) is 41.4. The number of pyridine rings is 1. The number of carbonyl (C=O) groups excluding carboxylic acids is 2. The van der Waals surface area contributed by atoms with Crippen LogP contribution in [0.2, 0.25) is 0 Å². The van der Waals surface area contributed by atoms with Crippen molar-refractivity contribution in [1.29, 1.82) is 0 Å². The number of hydrogen-bond donors (Lipinski definition) is 4. The van der Waals surface area contributed by atoms with E-state index in [1.807, 2.05) is 66.7 Å². The van der Waals surface area contributed by atoms with Gasteiger partial charge in [0.15, 0.2) is 17.6 Å². The van der Waals surface area contributed by atoms with Crippen LogP contribution in [0.3, 0.4) is 0 Å². The predicted octanol–water partition coefficient (Wildman–Crippen LogP) is 8.23. The Bertz CT molecular complexity index is 2290. The number of fused-ring (bicyclic) bond motifs is 4. The number of aliphatic hydroxyl groups excluding tert-OH is 1. The molecule has 3 fully saturated rings. The maximum Gasteiger partial charge on any atom is 0.307 e. The zero-order chi connectivity index (χ0) is 43.3. The Balaban J connectivity index is 0.841. The van der Waals surface area contributed by atoms with Gasteiger partial charge in [-0.25, -0.2) is 0 Å². The van der Waals surface area contributed by atoms with Gasteiger partial charge in [-0.15, -0.1) is 0 Å². The zero-order valence-corrected chi connectivity index (χ0v) is 35.9. The number of rotatable bonds is 23. The minimum absolute atomic E-state index is 0.0179. The van der Waals surface area contributed by atoms with Gasteiger partial charge in [0.1, 0.15) is 18.8 Å². The highest BCUT2D eigenvalue weighted by atomic mass is 16.5. The third-order valence-corrected chi connectivity index (χ3v) is 12.9. The van der Waals surface area contributed by atoms with Crippen LogP contribution < -0.4 is 20.3 Å². The van der Waals surface area contributed by atoms with E-state index in [0.29, 0.717) is 64.6 Å². The van der Waals surface area contributed by atoms with Crippen LogP contribution in [0.25, 0.3) is 10.9 Å². The number of unbranched alkanes of at least 4 members (excludes halogenated alkanes) is 6. The number of phenols is 1. The Hall–Kier alpha value is -5.49. The molecule has 11 nitrogen and oxygen atoms in total. The number of aromatic nitrogens is 1. The second-order valence-corrected chi connectivity index (χ2v) is 17.2. The number of Topliss-reactive ketones (excluding diaryl/α,β-unsaturated/α-hetero) is 1. The standard InChI is InChI=1S/C51H61N3O8/c1-60-46-23-19-39(31-47(46)61-30-14-6-4-2-3-5-13-27-52-33-44(56)40-20-22-43(55)51-41(40)21-24-49(58)53-51)42(36-15-9-7-10-16-36)32-50(59)62-48-35-54(28-25-38(48)26-29-54)34-45(57)37-17-11-8-12-18-37/h7-12,15-24,31,38,42,44,48,52,56H,2-6,13-14,25-30,32-35H2,1H3,(H-,53,55,58)/p+1/t38?,42?,44-,48-,54?/m0/s1. The number of ketones is 1. The van der Waals surface area contributed by atoms with Gasteiger partial charge in [0, 0.05) is 48.2 Å². The highest BCUT2D eigenvalue weighted by Gasteiger charge is 2.48. The quantitative estimate of drug-likeness (QED) is 0.0221. The van der Waals surface area contributed by atoms with Gasteiger partial charge in [-0.2, -0.15) is 0 Å². The minimum atomic E-state index is -0.761. The van der Waals surface area contributed by atoms with Crippen molar-refractivity contribution in [3.05, 3.63) is 136 Å². The molecule has 3 aliphatic heterocycles. The summed E-state index contributed by atoms with van der Waals surface area (Å²) in [6.07, 6.45) is 8.63. The molecule has 11 heteroatoms. The first kappa shape index (κ1) is 44.6. The first-order chi connectivity index (χ1) is 30.2. The number of hydrogen-bond acceptors (Lipinski definition) is 9. The Morgan fingerprint density at radius 1 is 0.823 bits per heavy atom. The number of H-pyrrole nitrogens is 1. The lowest BCUT2D eigenvalue weighted by molar-refractivity contribution is -0.938. The molecule has 8 rings (SSSR count). The number of benzene rings is 4. The van der Waals surface area contributed by atoms with Crippen molar-refractivity contribution in [3.8, 4) is 17.2 Å². The van der Waals surface area contributed by atoms with Crippen molar-refractivity contribution in [1.82, 2.24) is 10.3 Å². The summed E-state index contributed by atoms with van der Waals surface area (Å²) >= 11 is 0. The second kappa shape index (κ2) is 21.5. The van der Waals surface area contributed by atoms with Crippen LogP contribution >= 0.6 is 0 Å². The van der Waals surface area contributed by atoms with Crippen LogP contribution in [0.5, 0.6) is 17.2 Å². The van der Waals surface area contributed by atoms with Gasteiger partial charge in [0.2, 0.25) is 11.3 Å². The van der Waals surface area contributed by atoms with Gasteiger partial charge < -0.3 is 39.2 Å². The molecule has 0 spiro atoms. The van der Waals surface area contributed by atoms with E-state index >= 15 is 0 Å². The number of aromatic amines is 1. The van der Waals surface area contributed by atoms with Gasteiger partial charge in [-0.3, -0.25) is 14.4 Å². The summed E-state index contributed by atoms with van der Waals surface area (Å²) in [5.41, 5.74) is 3.43. The number of carbonyl (C=O) groups is 2. The van der Waals surface area contributed by atoms with E-state index in [-0.39, 0.29) is 41.5 Å². The van der Waals surface area contributed by atoms with Crippen LogP contribution in [-0.4, -0.2) is 90.5 Å². The van der Waals surface area contributed by atoms with Gasteiger partial charge in [0.25, 0.3) is 0 Å². The van der Waals surface area contributed by atoms with Crippen LogP contribution in [0, 0.1) is 5.92 Å². The predicted molar refractivity (Wildman–Crippen MR) is 241 cm³/mol. The van der Waals surface area contributed by atoms with E-state index in [1.54, 1.807) is 19.2 Å². The SMILES string of the molecule is COc1ccc(C(CC(=O)O[C@H]2C[N+]3(CC(=O)c4ccccc4)CCC2CC3)c2ccccc2)cc1OCCCCCCCCCNC[C@H](O)c1ccc(O)c2[nH]c(=O)ccc12. The fourth-order valence-electron chi connectivity index (χ4n) is 9.43. The lowest BCUT2D eigenvalue weighted by atomic mass is 9.82.